The number of aryl methyl sites for hydroxylation is 1. The number of nitrogens with one attached hydrogen (secondary N) is 1. The van der Waals surface area contributed by atoms with Gasteiger partial charge in [-0.05, 0) is 37.1 Å². The molecule has 4 rings (SSSR count). The zero-order valence-electron chi connectivity index (χ0n) is 16.2. The number of rotatable bonds is 5. The Balaban J connectivity index is 1.77. The molecule has 1 amide bonds. The molecular weight excluding hydrogens is 373 g/mol. The van der Waals surface area contributed by atoms with Gasteiger partial charge in [-0.15, -0.1) is 0 Å². The van der Waals surface area contributed by atoms with Crippen molar-refractivity contribution < 1.29 is 9.18 Å². The van der Waals surface area contributed by atoms with Crippen LogP contribution in [0.3, 0.4) is 0 Å². The molecule has 9 heteroatoms. The molecule has 29 heavy (non-hydrogen) atoms. The molecule has 2 aromatic heterocycles. The first-order valence-corrected chi connectivity index (χ1v) is 9.63. The van der Waals surface area contributed by atoms with Crippen LogP contribution in [0.4, 0.5) is 15.9 Å². The fourth-order valence-electron chi connectivity index (χ4n) is 3.76. The van der Waals surface area contributed by atoms with Crippen LogP contribution in [0.25, 0.3) is 10.9 Å². The van der Waals surface area contributed by atoms with Crippen LogP contribution in [0.15, 0.2) is 36.7 Å². The summed E-state index contributed by atoms with van der Waals surface area (Å²) in [4.78, 5) is 15.7. The lowest BCUT2D eigenvalue weighted by Crippen LogP contribution is -2.53. The molecule has 2 atom stereocenters. The Hall–Kier alpha value is -3.04. The molecule has 2 unspecified atom stereocenters. The van der Waals surface area contributed by atoms with Gasteiger partial charge in [-0.25, -0.2) is 14.8 Å². The van der Waals surface area contributed by atoms with Crippen molar-refractivity contribution in [2.75, 3.05) is 5.01 Å². The average molecular weight is 397 g/mol. The van der Waals surface area contributed by atoms with E-state index < -0.39 is 11.7 Å². The van der Waals surface area contributed by atoms with Gasteiger partial charge < -0.3 is 11.5 Å². The predicted octanol–water partition coefficient (Wildman–Crippen LogP) is 2.12. The predicted molar refractivity (Wildman–Crippen MR) is 109 cm³/mol. The highest BCUT2D eigenvalue weighted by Gasteiger charge is 2.27. The van der Waals surface area contributed by atoms with E-state index in [1.54, 1.807) is 34.9 Å². The van der Waals surface area contributed by atoms with Gasteiger partial charge >= 0.3 is 0 Å². The Kier molecular flexibility index (Phi) is 5.16. The summed E-state index contributed by atoms with van der Waals surface area (Å²) in [5.41, 5.74) is 16.3. The van der Waals surface area contributed by atoms with E-state index in [4.69, 9.17) is 11.5 Å². The van der Waals surface area contributed by atoms with E-state index in [0.717, 1.165) is 25.7 Å². The summed E-state index contributed by atoms with van der Waals surface area (Å²) in [5, 5.41) is 6.15. The fourth-order valence-corrected chi connectivity index (χ4v) is 3.76. The van der Waals surface area contributed by atoms with Crippen LogP contribution in [0.1, 0.15) is 36.0 Å². The van der Waals surface area contributed by atoms with Gasteiger partial charge in [0.15, 0.2) is 5.82 Å². The maximum Gasteiger partial charge on any atom is 0.250 e. The van der Waals surface area contributed by atoms with Gasteiger partial charge in [-0.1, -0.05) is 12.8 Å². The topological polar surface area (TPSA) is 115 Å². The van der Waals surface area contributed by atoms with Crippen LogP contribution in [-0.2, 0) is 7.05 Å². The van der Waals surface area contributed by atoms with Gasteiger partial charge in [0.05, 0.1) is 28.4 Å². The second kappa shape index (κ2) is 7.76. The van der Waals surface area contributed by atoms with Gasteiger partial charge in [0.1, 0.15) is 5.82 Å². The van der Waals surface area contributed by atoms with Crippen molar-refractivity contribution >= 4 is 28.3 Å². The summed E-state index contributed by atoms with van der Waals surface area (Å²) in [6.45, 7) is 0. The van der Waals surface area contributed by atoms with Gasteiger partial charge in [-0.3, -0.25) is 14.5 Å². The summed E-state index contributed by atoms with van der Waals surface area (Å²) < 4.78 is 17.0. The molecule has 0 radical (unpaired) electrons. The molecule has 0 saturated heterocycles. The number of anilines is 2. The van der Waals surface area contributed by atoms with E-state index in [1.807, 2.05) is 6.07 Å². The summed E-state index contributed by atoms with van der Waals surface area (Å²) >= 11 is 0. The number of hydrogen-bond donors (Lipinski definition) is 3. The molecule has 8 nitrogen and oxygen atoms in total. The van der Waals surface area contributed by atoms with Gasteiger partial charge in [0.2, 0.25) is 5.91 Å². The van der Waals surface area contributed by atoms with Gasteiger partial charge in [0.25, 0.3) is 0 Å². The SMILES string of the molecule is Cn1ncc2c(F)c(N(NC3CCCCC3N)c3ccc(C(N)=O)cn3)ccc21. The van der Waals surface area contributed by atoms with Crippen molar-refractivity contribution in [2.24, 2.45) is 18.5 Å². The van der Waals surface area contributed by atoms with Gasteiger partial charge in [-0.2, -0.15) is 5.10 Å². The molecule has 0 bridgehead atoms. The molecule has 1 aromatic carbocycles. The molecule has 5 N–H and O–H groups in total. The van der Waals surface area contributed by atoms with Crippen molar-refractivity contribution in [2.45, 2.75) is 37.8 Å². The first-order valence-electron chi connectivity index (χ1n) is 9.63. The third-order valence-electron chi connectivity index (χ3n) is 5.46. The molecule has 0 spiro atoms. The summed E-state index contributed by atoms with van der Waals surface area (Å²) in [6, 6.07) is 6.64. The highest BCUT2D eigenvalue weighted by Crippen LogP contribution is 2.31. The first-order chi connectivity index (χ1) is 14.0. The van der Waals surface area contributed by atoms with Crippen molar-refractivity contribution in [3.8, 4) is 0 Å². The second-order valence-electron chi connectivity index (χ2n) is 7.39. The molecule has 2 heterocycles. The Morgan fingerprint density at radius 1 is 1.24 bits per heavy atom. The van der Waals surface area contributed by atoms with Crippen LogP contribution in [0, 0.1) is 5.82 Å². The van der Waals surface area contributed by atoms with Gasteiger partial charge in [0, 0.05) is 25.3 Å². The summed E-state index contributed by atoms with van der Waals surface area (Å²) in [7, 11) is 1.77. The van der Waals surface area contributed by atoms with E-state index >= 15 is 4.39 Å². The molecular formula is C20H24FN7O. The lowest BCUT2D eigenvalue weighted by molar-refractivity contribution is 0.1000. The van der Waals surface area contributed by atoms with E-state index in [0.29, 0.717) is 22.4 Å². The third-order valence-corrected chi connectivity index (χ3v) is 5.46. The highest BCUT2D eigenvalue weighted by molar-refractivity contribution is 5.92. The number of benzene rings is 1. The normalized spacial score (nSPS) is 19.4. The van der Waals surface area contributed by atoms with E-state index in [-0.39, 0.29) is 17.6 Å². The number of halogens is 1. The maximum atomic E-state index is 15.4. The van der Waals surface area contributed by atoms with Crippen LogP contribution in [-0.4, -0.2) is 32.8 Å². The Morgan fingerprint density at radius 2 is 2.03 bits per heavy atom. The minimum absolute atomic E-state index is 0.0228. The standard InChI is InChI=1S/C20H24FN7O/c1-27-16-7-8-17(19(21)13(16)11-25-27)28(26-15-5-3-2-4-14(15)22)18-9-6-12(10-24-18)20(23)29/h6-11,14-15,26H,2-5,22H2,1H3,(H2,23,29). The molecule has 152 valence electrons. The zero-order valence-corrected chi connectivity index (χ0v) is 16.2. The second-order valence-corrected chi connectivity index (χ2v) is 7.39. The Bertz CT molecular complexity index is 1030. The number of pyridine rings is 1. The average Bonchev–Trinajstić information content (AvgIpc) is 3.10. The summed E-state index contributed by atoms with van der Waals surface area (Å²) in [5.74, 6) is -0.538. The Morgan fingerprint density at radius 3 is 2.72 bits per heavy atom. The zero-order chi connectivity index (χ0) is 20.5. The number of amides is 1. The minimum atomic E-state index is -0.569. The smallest absolute Gasteiger partial charge is 0.250 e. The molecule has 3 aromatic rings. The monoisotopic (exact) mass is 397 g/mol. The van der Waals surface area contributed by atoms with E-state index in [9.17, 15) is 4.79 Å². The fraction of sp³-hybridized carbons (Fsp3) is 0.350. The molecule has 1 aliphatic carbocycles. The first kappa shape index (κ1) is 19.3. The number of primary amides is 1. The summed E-state index contributed by atoms with van der Waals surface area (Å²) in [6.07, 6.45) is 6.81. The number of carbonyl (C=O) groups is 1. The van der Waals surface area contributed by atoms with Crippen molar-refractivity contribution in [3.63, 3.8) is 0 Å². The van der Waals surface area contributed by atoms with Crippen LogP contribution in [0.2, 0.25) is 0 Å². The number of aromatic nitrogens is 3. The maximum absolute atomic E-state index is 15.4. The largest absolute Gasteiger partial charge is 0.366 e. The molecule has 1 fully saturated rings. The van der Waals surface area contributed by atoms with E-state index in [2.05, 4.69) is 15.5 Å². The number of nitrogens with two attached hydrogens (primary N) is 2. The minimum Gasteiger partial charge on any atom is -0.366 e. The van der Waals surface area contributed by atoms with Crippen molar-refractivity contribution in [1.82, 2.24) is 20.2 Å². The number of fused-ring (bicyclic) bond motifs is 1. The highest BCUT2D eigenvalue weighted by atomic mass is 19.1. The van der Waals surface area contributed by atoms with Crippen LogP contribution >= 0.6 is 0 Å². The Labute approximate surface area is 167 Å². The third kappa shape index (κ3) is 3.66. The quantitative estimate of drug-likeness (QED) is 0.568. The molecule has 1 aliphatic rings. The lowest BCUT2D eigenvalue weighted by Gasteiger charge is -2.35. The van der Waals surface area contributed by atoms with Crippen LogP contribution < -0.4 is 21.9 Å². The van der Waals surface area contributed by atoms with E-state index in [1.165, 1.54) is 12.4 Å². The lowest BCUT2D eigenvalue weighted by atomic mass is 9.91. The van der Waals surface area contributed by atoms with Crippen molar-refractivity contribution in [1.29, 1.82) is 0 Å². The molecule has 0 aliphatic heterocycles. The van der Waals surface area contributed by atoms with Crippen molar-refractivity contribution in [3.05, 3.63) is 48.0 Å². The number of nitrogens with zero attached hydrogens (tertiary/aromatic N) is 4. The van der Waals surface area contributed by atoms with Crippen LogP contribution in [0.5, 0.6) is 0 Å². The number of hydrogen-bond acceptors (Lipinski definition) is 6. The number of hydrazine groups is 1. The molecule has 1 saturated carbocycles. The number of carbonyl (C=O) groups excluding carboxylic acids is 1.